The van der Waals surface area contributed by atoms with E-state index in [0.717, 1.165) is 27.9 Å². The van der Waals surface area contributed by atoms with Crippen LogP contribution in [-0.4, -0.2) is 4.98 Å². The molecule has 1 aromatic heterocycles. The summed E-state index contributed by atoms with van der Waals surface area (Å²) in [5.41, 5.74) is 4.73. The SMILES string of the molecule is [2H]C([2H])([2H])c1ccc(-c2cc(-c3ccccc3)ncc2C([2H])(C)C)cc1. The van der Waals surface area contributed by atoms with Crippen molar-refractivity contribution in [2.45, 2.75) is 26.6 Å². The summed E-state index contributed by atoms with van der Waals surface area (Å²) in [5.74, 6) is -0.819. The molecule has 0 bridgehead atoms. The molecule has 22 heavy (non-hydrogen) atoms. The lowest BCUT2D eigenvalue weighted by atomic mass is 9.92. The minimum absolute atomic E-state index is 0.310. The van der Waals surface area contributed by atoms with E-state index >= 15 is 0 Å². The number of rotatable bonds is 3. The Labute approximate surface area is 138 Å². The third kappa shape index (κ3) is 2.94. The van der Waals surface area contributed by atoms with E-state index in [0.29, 0.717) is 5.56 Å². The normalized spacial score (nSPS) is 14.6. The van der Waals surface area contributed by atoms with Gasteiger partial charge in [0.25, 0.3) is 0 Å². The summed E-state index contributed by atoms with van der Waals surface area (Å²) in [6, 6.07) is 18.7. The number of hydrogen-bond acceptors (Lipinski definition) is 1. The van der Waals surface area contributed by atoms with Crippen molar-refractivity contribution in [1.82, 2.24) is 4.98 Å². The third-order valence-electron chi connectivity index (χ3n) is 3.71. The second-order valence-electron chi connectivity index (χ2n) is 5.56. The van der Waals surface area contributed by atoms with Gasteiger partial charge in [0, 0.05) is 17.2 Å². The summed E-state index contributed by atoms with van der Waals surface area (Å²) in [6.45, 7) is 1.53. The molecule has 0 unspecified atom stereocenters. The molecule has 1 nitrogen and oxygen atoms in total. The lowest BCUT2D eigenvalue weighted by molar-refractivity contribution is 0.861. The third-order valence-corrected chi connectivity index (χ3v) is 3.71. The number of pyridine rings is 1. The standard InChI is InChI=1S/C21H21N/c1-15(2)20-14-22-21(18-7-5-4-6-8-18)13-19(20)17-11-9-16(3)10-12-17/h4-15H,1-3H3/i3D3,15D. The van der Waals surface area contributed by atoms with E-state index in [2.05, 4.69) is 4.98 Å². The van der Waals surface area contributed by atoms with E-state index in [9.17, 15) is 0 Å². The second-order valence-corrected chi connectivity index (χ2v) is 5.56. The molecule has 0 amide bonds. The van der Waals surface area contributed by atoms with Crippen LogP contribution in [0.4, 0.5) is 0 Å². The maximum absolute atomic E-state index is 8.45. The molecule has 0 N–H and O–H groups in total. The zero-order chi connectivity index (χ0) is 18.9. The summed E-state index contributed by atoms with van der Waals surface area (Å²) < 4.78 is 31.0. The number of benzene rings is 2. The van der Waals surface area contributed by atoms with Gasteiger partial charge in [-0.3, -0.25) is 4.98 Å². The second kappa shape index (κ2) is 6.15. The average Bonchev–Trinajstić information content (AvgIpc) is 2.60. The smallest absolute Gasteiger partial charge is 0.0708 e. The van der Waals surface area contributed by atoms with Crippen LogP contribution < -0.4 is 0 Å². The molecule has 1 heteroatoms. The zero-order valence-electron chi connectivity index (χ0n) is 16.8. The van der Waals surface area contributed by atoms with Crippen LogP contribution in [0.1, 0.15) is 36.4 Å². The molecule has 1 heterocycles. The lowest BCUT2D eigenvalue weighted by Gasteiger charge is -2.14. The van der Waals surface area contributed by atoms with Gasteiger partial charge < -0.3 is 0 Å². The first-order valence-corrected chi connectivity index (χ1v) is 7.33. The summed E-state index contributed by atoms with van der Waals surface area (Å²) in [7, 11) is 0. The summed E-state index contributed by atoms with van der Waals surface area (Å²) in [5, 5.41) is 0. The van der Waals surface area contributed by atoms with Crippen molar-refractivity contribution in [2.24, 2.45) is 0 Å². The molecular formula is C21H21N. The van der Waals surface area contributed by atoms with E-state index in [1.807, 2.05) is 50.2 Å². The summed E-state index contributed by atoms with van der Waals surface area (Å²) in [4.78, 5) is 4.55. The monoisotopic (exact) mass is 291 g/mol. The predicted octanol–water partition coefficient (Wildman–Crippen LogP) is 5.85. The van der Waals surface area contributed by atoms with Gasteiger partial charge in [0.1, 0.15) is 0 Å². The molecule has 0 atom stereocenters. The van der Waals surface area contributed by atoms with Crippen LogP contribution >= 0.6 is 0 Å². The Kier molecular flexibility index (Phi) is 2.89. The molecule has 3 aromatic rings. The molecule has 0 aliphatic carbocycles. The fourth-order valence-corrected chi connectivity index (χ4v) is 2.51. The molecule has 3 rings (SSSR count). The summed E-state index contributed by atoms with van der Waals surface area (Å²) >= 11 is 0. The van der Waals surface area contributed by atoms with E-state index in [4.69, 9.17) is 5.48 Å². The Morgan fingerprint density at radius 3 is 2.32 bits per heavy atom. The molecule has 110 valence electrons. The Morgan fingerprint density at radius 1 is 0.955 bits per heavy atom. The number of aromatic nitrogens is 1. The van der Waals surface area contributed by atoms with Crippen LogP contribution in [0.25, 0.3) is 22.4 Å². The molecule has 0 saturated carbocycles. The largest absolute Gasteiger partial charge is 0.256 e. The molecule has 0 aliphatic rings. The average molecular weight is 291 g/mol. The molecule has 0 radical (unpaired) electrons. The molecule has 0 aliphatic heterocycles. The Bertz CT molecular complexity index is 892. The quantitative estimate of drug-likeness (QED) is 0.590. The van der Waals surface area contributed by atoms with Crippen molar-refractivity contribution >= 4 is 0 Å². The maximum Gasteiger partial charge on any atom is 0.0708 e. The number of hydrogen-bond donors (Lipinski definition) is 0. The van der Waals surface area contributed by atoms with Gasteiger partial charge in [0.2, 0.25) is 0 Å². The van der Waals surface area contributed by atoms with E-state index in [-0.39, 0.29) is 0 Å². The first-order valence-electron chi connectivity index (χ1n) is 9.33. The number of aryl methyl sites for hydroxylation is 1. The molecule has 0 saturated heterocycles. The highest BCUT2D eigenvalue weighted by molar-refractivity contribution is 5.73. The first kappa shape index (κ1) is 10.3. The van der Waals surface area contributed by atoms with Gasteiger partial charge in [0.15, 0.2) is 0 Å². The Morgan fingerprint density at radius 2 is 1.68 bits per heavy atom. The van der Waals surface area contributed by atoms with Crippen LogP contribution in [0.3, 0.4) is 0 Å². The van der Waals surface area contributed by atoms with Crippen LogP contribution in [0.15, 0.2) is 66.9 Å². The predicted molar refractivity (Wildman–Crippen MR) is 93.9 cm³/mol. The van der Waals surface area contributed by atoms with Crippen molar-refractivity contribution in [3.8, 4) is 22.4 Å². The molecule has 0 fully saturated rings. The molecule has 2 aromatic carbocycles. The highest BCUT2D eigenvalue weighted by Crippen LogP contribution is 2.32. The Balaban J connectivity index is 2.14. The minimum atomic E-state index is -2.12. The zero-order valence-corrected chi connectivity index (χ0v) is 12.8. The van der Waals surface area contributed by atoms with Gasteiger partial charge in [-0.2, -0.15) is 0 Å². The van der Waals surface area contributed by atoms with Crippen molar-refractivity contribution in [3.63, 3.8) is 0 Å². The number of nitrogens with zero attached hydrogens (tertiary/aromatic N) is 1. The minimum Gasteiger partial charge on any atom is -0.256 e. The topological polar surface area (TPSA) is 12.9 Å². The van der Waals surface area contributed by atoms with Crippen molar-refractivity contribution in [2.75, 3.05) is 0 Å². The van der Waals surface area contributed by atoms with Crippen molar-refractivity contribution in [1.29, 1.82) is 0 Å². The summed E-state index contributed by atoms with van der Waals surface area (Å²) in [6.07, 6.45) is 1.75. The molecular weight excluding hydrogens is 266 g/mol. The lowest BCUT2D eigenvalue weighted by Crippen LogP contribution is -1.96. The highest BCUT2D eigenvalue weighted by atomic mass is 14.7. The first-order chi connectivity index (χ1) is 12.2. The van der Waals surface area contributed by atoms with E-state index in [1.165, 1.54) is 0 Å². The van der Waals surface area contributed by atoms with Crippen molar-refractivity contribution in [3.05, 3.63) is 78.0 Å². The van der Waals surface area contributed by atoms with Gasteiger partial charge in [-0.25, -0.2) is 0 Å². The van der Waals surface area contributed by atoms with Gasteiger partial charge in [-0.05, 0) is 35.5 Å². The fourth-order valence-electron chi connectivity index (χ4n) is 2.51. The van der Waals surface area contributed by atoms with Gasteiger partial charge in [-0.1, -0.05) is 74.0 Å². The van der Waals surface area contributed by atoms with Crippen molar-refractivity contribution < 1.29 is 5.48 Å². The van der Waals surface area contributed by atoms with Gasteiger partial charge >= 0.3 is 0 Å². The van der Waals surface area contributed by atoms with Crippen LogP contribution in [0.5, 0.6) is 0 Å². The highest BCUT2D eigenvalue weighted by Gasteiger charge is 2.11. The fraction of sp³-hybridized carbons (Fsp3) is 0.190. The molecule has 0 spiro atoms. The van der Waals surface area contributed by atoms with Gasteiger partial charge in [-0.15, -0.1) is 0 Å². The maximum atomic E-state index is 8.45. The van der Waals surface area contributed by atoms with E-state index < -0.39 is 12.7 Å². The van der Waals surface area contributed by atoms with Crippen LogP contribution in [-0.2, 0) is 0 Å². The van der Waals surface area contributed by atoms with Crippen LogP contribution in [0, 0.1) is 6.85 Å². The van der Waals surface area contributed by atoms with Gasteiger partial charge in [0.05, 0.1) is 5.69 Å². The Hall–Kier alpha value is -2.41. The van der Waals surface area contributed by atoms with Crippen LogP contribution in [0.2, 0.25) is 0 Å². The van der Waals surface area contributed by atoms with E-state index in [1.54, 1.807) is 30.5 Å².